The van der Waals surface area contributed by atoms with Gasteiger partial charge in [0.1, 0.15) is 0 Å². The predicted molar refractivity (Wildman–Crippen MR) is 92.8 cm³/mol. The number of carbonyl (C=O) groups is 1. The van der Waals surface area contributed by atoms with E-state index in [2.05, 4.69) is 29.2 Å². The molecule has 0 radical (unpaired) electrons. The van der Waals surface area contributed by atoms with Crippen molar-refractivity contribution in [2.24, 2.45) is 11.7 Å². The molecular formula is C19H27N3O2. The minimum absolute atomic E-state index is 0.0718. The maximum atomic E-state index is 11.1. The van der Waals surface area contributed by atoms with E-state index < -0.39 is 6.09 Å². The van der Waals surface area contributed by atoms with Crippen molar-refractivity contribution < 1.29 is 9.90 Å². The summed E-state index contributed by atoms with van der Waals surface area (Å²) in [6, 6.07) is 9.32. The zero-order valence-corrected chi connectivity index (χ0v) is 14.2. The number of piperazine rings is 1. The maximum absolute atomic E-state index is 11.1. The summed E-state index contributed by atoms with van der Waals surface area (Å²) in [6.07, 6.45) is 5.27. The van der Waals surface area contributed by atoms with Gasteiger partial charge in [-0.1, -0.05) is 37.1 Å². The molecule has 2 saturated carbocycles. The molecule has 1 atom stereocenters. The third-order valence-electron chi connectivity index (χ3n) is 5.94. The summed E-state index contributed by atoms with van der Waals surface area (Å²) in [5.74, 6) is 0.844. The highest BCUT2D eigenvalue weighted by Crippen LogP contribution is 2.44. The SMILES string of the molecule is NC1(c2ccc(C(CC3CC3)N3CCN(C(=O)O)CC3)cc2)CC1. The van der Waals surface area contributed by atoms with Crippen molar-refractivity contribution in [1.29, 1.82) is 0 Å². The van der Waals surface area contributed by atoms with Gasteiger partial charge in [0.2, 0.25) is 0 Å². The first-order valence-corrected chi connectivity index (χ1v) is 9.16. The van der Waals surface area contributed by atoms with Crippen molar-refractivity contribution in [3.8, 4) is 0 Å². The average molecular weight is 329 g/mol. The second-order valence-corrected chi connectivity index (χ2v) is 7.78. The van der Waals surface area contributed by atoms with Gasteiger partial charge in [-0.3, -0.25) is 4.90 Å². The molecule has 1 unspecified atom stereocenters. The lowest BCUT2D eigenvalue weighted by molar-refractivity contribution is 0.0805. The zero-order chi connectivity index (χ0) is 16.7. The number of rotatable bonds is 5. The van der Waals surface area contributed by atoms with E-state index in [-0.39, 0.29) is 5.54 Å². The molecule has 5 nitrogen and oxygen atoms in total. The maximum Gasteiger partial charge on any atom is 0.407 e. The Morgan fingerprint density at radius 2 is 1.79 bits per heavy atom. The van der Waals surface area contributed by atoms with Crippen LogP contribution in [0.4, 0.5) is 4.79 Å². The zero-order valence-electron chi connectivity index (χ0n) is 14.2. The van der Waals surface area contributed by atoms with Crippen molar-refractivity contribution in [2.75, 3.05) is 26.2 Å². The van der Waals surface area contributed by atoms with Gasteiger partial charge in [0.25, 0.3) is 0 Å². The molecule has 4 rings (SSSR count). The molecular weight excluding hydrogens is 302 g/mol. The van der Waals surface area contributed by atoms with Gasteiger partial charge in [-0.15, -0.1) is 0 Å². The Hall–Kier alpha value is -1.59. The van der Waals surface area contributed by atoms with Gasteiger partial charge in [0.15, 0.2) is 0 Å². The smallest absolute Gasteiger partial charge is 0.407 e. The van der Waals surface area contributed by atoms with Crippen LogP contribution in [0.5, 0.6) is 0 Å². The largest absolute Gasteiger partial charge is 0.465 e. The molecule has 0 bridgehead atoms. The predicted octanol–water partition coefficient (Wildman–Crippen LogP) is 2.77. The van der Waals surface area contributed by atoms with Crippen LogP contribution in [0.3, 0.4) is 0 Å². The first-order valence-electron chi connectivity index (χ1n) is 9.16. The fraction of sp³-hybridized carbons (Fsp3) is 0.632. The Morgan fingerprint density at radius 3 is 2.29 bits per heavy atom. The fourth-order valence-electron chi connectivity index (χ4n) is 3.85. The van der Waals surface area contributed by atoms with Crippen molar-refractivity contribution in [3.05, 3.63) is 35.4 Å². The van der Waals surface area contributed by atoms with E-state index in [1.807, 2.05) is 0 Å². The number of nitrogens with zero attached hydrogens (tertiary/aromatic N) is 2. The summed E-state index contributed by atoms with van der Waals surface area (Å²) < 4.78 is 0. The summed E-state index contributed by atoms with van der Waals surface area (Å²) in [7, 11) is 0. The molecule has 1 saturated heterocycles. The lowest BCUT2D eigenvalue weighted by Crippen LogP contribution is -2.49. The molecule has 2 aliphatic carbocycles. The van der Waals surface area contributed by atoms with Crippen LogP contribution in [-0.2, 0) is 5.54 Å². The number of nitrogens with two attached hydrogens (primary N) is 1. The Morgan fingerprint density at radius 1 is 1.17 bits per heavy atom. The van der Waals surface area contributed by atoms with Crippen LogP contribution < -0.4 is 5.73 Å². The molecule has 1 heterocycles. The van der Waals surface area contributed by atoms with Crippen molar-refractivity contribution in [1.82, 2.24) is 9.80 Å². The Balaban J connectivity index is 1.48. The molecule has 130 valence electrons. The minimum Gasteiger partial charge on any atom is -0.465 e. The van der Waals surface area contributed by atoms with Crippen LogP contribution in [0.1, 0.15) is 49.3 Å². The quantitative estimate of drug-likeness (QED) is 0.871. The molecule has 1 aromatic rings. The van der Waals surface area contributed by atoms with Gasteiger partial charge in [0.05, 0.1) is 0 Å². The molecule has 3 N–H and O–H groups in total. The van der Waals surface area contributed by atoms with Crippen LogP contribution >= 0.6 is 0 Å². The van der Waals surface area contributed by atoms with Gasteiger partial charge in [-0.2, -0.15) is 0 Å². The highest BCUT2D eigenvalue weighted by molar-refractivity contribution is 5.65. The van der Waals surface area contributed by atoms with E-state index in [0.717, 1.165) is 31.8 Å². The lowest BCUT2D eigenvalue weighted by atomic mass is 9.95. The lowest BCUT2D eigenvalue weighted by Gasteiger charge is -2.38. The van der Waals surface area contributed by atoms with Crippen LogP contribution in [-0.4, -0.2) is 47.2 Å². The van der Waals surface area contributed by atoms with Crippen LogP contribution in [0, 0.1) is 5.92 Å². The molecule has 3 aliphatic rings. The van der Waals surface area contributed by atoms with Gasteiger partial charge in [-0.25, -0.2) is 4.79 Å². The third-order valence-corrected chi connectivity index (χ3v) is 5.94. The highest BCUT2D eigenvalue weighted by atomic mass is 16.4. The van der Waals surface area contributed by atoms with Gasteiger partial charge in [-0.05, 0) is 36.3 Å². The Labute approximate surface area is 143 Å². The van der Waals surface area contributed by atoms with Crippen molar-refractivity contribution >= 4 is 6.09 Å². The van der Waals surface area contributed by atoms with Crippen molar-refractivity contribution in [3.63, 3.8) is 0 Å². The standard InChI is InChI=1S/C19H27N3O2/c20-19(7-8-19)16-5-3-15(4-6-16)17(13-14-1-2-14)21-9-11-22(12-10-21)18(23)24/h3-6,14,17H,1-2,7-13,20H2,(H,23,24). The fourth-order valence-corrected chi connectivity index (χ4v) is 3.85. The second-order valence-electron chi connectivity index (χ2n) is 7.78. The average Bonchev–Trinajstić information content (AvgIpc) is 3.51. The first-order chi connectivity index (χ1) is 11.5. The molecule has 1 amide bonds. The minimum atomic E-state index is -0.796. The number of hydrogen-bond donors (Lipinski definition) is 2. The monoisotopic (exact) mass is 329 g/mol. The molecule has 0 aromatic heterocycles. The van der Waals surface area contributed by atoms with E-state index in [1.54, 1.807) is 0 Å². The molecule has 0 spiro atoms. The van der Waals surface area contributed by atoms with Gasteiger partial charge >= 0.3 is 6.09 Å². The summed E-state index contributed by atoms with van der Waals surface area (Å²) >= 11 is 0. The summed E-state index contributed by atoms with van der Waals surface area (Å²) in [6.45, 7) is 2.87. The summed E-state index contributed by atoms with van der Waals surface area (Å²) in [5, 5.41) is 9.14. The van der Waals surface area contributed by atoms with E-state index in [9.17, 15) is 4.79 Å². The van der Waals surface area contributed by atoms with Crippen LogP contribution in [0.15, 0.2) is 24.3 Å². The number of carboxylic acid groups (broad SMARTS) is 1. The van der Waals surface area contributed by atoms with E-state index in [4.69, 9.17) is 10.8 Å². The summed E-state index contributed by atoms with van der Waals surface area (Å²) in [5.41, 5.74) is 8.84. The molecule has 5 heteroatoms. The highest BCUT2D eigenvalue weighted by Gasteiger charge is 2.40. The first kappa shape index (κ1) is 15.9. The third kappa shape index (κ3) is 3.28. The topological polar surface area (TPSA) is 69.8 Å². The summed E-state index contributed by atoms with van der Waals surface area (Å²) in [4.78, 5) is 15.1. The van der Waals surface area contributed by atoms with Crippen molar-refractivity contribution in [2.45, 2.75) is 43.7 Å². The van der Waals surface area contributed by atoms with Crippen LogP contribution in [0.2, 0.25) is 0 Å². The number of amides is 1. The molecule has 24 heavy (non-hydrogen) atoms. The number of benzene rings is 1. The molecule has 1 aliphatic heterocycles. The van der Waals surface area contributed by atoms with Gasteiger partial charge in [0, 0.05) is 37.8 Å². The number of hydrogen-bond acceptors (Lipinski definition) is 3. The van der Waals surface area contributed by atoms with Gasteiger partial charge < -0.3 is 15.7 Å². The molecule has 3 fully saturated rings. The van der Waals surface area contributed by atoms with Crippen LogP contribution in [0.25, 0.3) is 0 Å². The normalized spacial score (nSPS) is 24.6. The van der Waals surface area contributed by atoms with E-state index >= 15 is 0 Å². The second kappa shape index (κ2) is 6.05. The van der Waals surface area contributed by atoms with E-state index in [1.165, 1.54) is 35.3 Å². The Kier molecular flexibility index (Phi) is 4.01. The molecule has 1 aromatic carbocycles. The van der Waals surface area contributed by atoms with E-state index in [0.29, 0.717) is 19.1 Å². The Bertz CT molecular complexity index is 600.